The third-order valence-corrected chi connectivity index (χ3v) is 5.92. The first kappa shape index (κ1) is 21.7. The van der Waals surface area contributed by atoms with Gasteiger partial charge in [0, 0.05) is 5.69 Å². The van der Waals surface area contributed by atoms with E-state index < -0.39 is 5.97 Å². The highest BCUT2D eigenvalue weighted by molar-refractivity contribution is 5.97. The number of hydrogen-bond acceptors (Lipinski definition) is 3. The van der Waals surface area contributed by atoms with Crippen molar-refractivity contribution in [2.24, 2.45) is 0 Å². The van der Waals surface area contributed by atoms with E-state index in [0.717, 1.165) is 39.9 Å². The smallest absolute Gasteiger partial charge is 0.339 e. The van der Waals surface area contributed by atoms with E-state index >= 15 is 0 Å². The number of benzene rings is 2. The molecule has 4 nitrogen and oxygen atoms in total. The Hall–Kier alpha value is -2.62. The quantitative estimate of drug-likeness (QED) is 0.669. The van der Waals surface area contributed by atoms with Crippen molar-refractivity contribution >= 4 is 17.6 Å². The Morgan fingerprint density at radius 1 is 0.929 bits per heavy atom. The molecule has 0 aliphatic rings. The van der Waals surface area contributed by atoms with Gasteiger partial charge in [-0.25, -0.2) is 4.79 Å². The Morgan fingerprint density at radius 3 is 2.04 bits per heavy atom. The summed E-state index contributed by atoms with van der Waals surface area (Å²) in [7, 11) is 0. The molecule has 2 aromatic rings. The van der Waals surface area contributed by atoms with Crippen LogP contribution in [0.4, 0.5) is 5.69 Å². The summed E-state index contributed by atoms with van der Waals surface area (Å²) < 4.78 is 5.35. The van der Waals surface area contributed by atoms with Gasteiger partial charge in [-0.05, 0) is 86.4 Å². The van der Waals surface area contributed by atoms with Crippen LogP contribution < -0.4 is 5.32 Å². The first-order valence-corrected chi connectivity index (χ1v) is 9.81. The van der Waals surface area contributed by atoms with Gasteiger partial charge in [0.15, 0.2) is 6.61 Å². The summed E-state index contributed by atoms with van der Waals surface area (Å²) in [6.07, 6.45) is 0.979. The van der Waals surface area contributed by atoms with Gasteiger partial charge in [-0.15, -0.1) is 0 Å². The van der Waals surface area contributed by atoms with Crippen molar-refractivity contribution in [3.8, 4) is 0 Å². The first-order valence-electron chi connectivity index (χ1n) is 9.81. The number of nitrogens with one attached hydrogen (secondary N) is 1. The van der Waals surface area contributed by atoms with Gasteiger partial charge in [0.1, 0.15) is 0 Å². The Labute approximate surface area is 168 Å². The van der Waals surface area contributed by atoms with Crippen LogP contribution in [0.15, 0.2) is 24.3 Å². The van der Waals surface area contributed by atoms with E-state index in [2.05, 4.69) is 26.1 Å². The number of hydrogen-bond donors (Lipinski definition) is 1. The predicted molar refractivity (Wildman–Crippen MR) is 114 cm³/mol. The van der Waals surface area contributed by atoms with Crippen molar-refractivity contribution in [2.75, 3.05) is 11.9 Å². The minimum absolute atomic E-state index is 0.307. The highest BCUT2D eigenvalue weighted by Gasteiger charge is 2.20. The molecule has 1 N–H and O–H groups in total. The second-order valence-electron chi connectivity index (χ2n) is 7.52. The SMILES string of the molecule is CC[C@H](C)c1ccccc1NC(=O)COC(=O)c1c(C)c(C)c(C)c(C)c1C. The van der Waals surface area contributed by atoms with Gasteiger partial charge in [-0.3, -0.25) is 4.79 Å². The molecule has 0 fully saturated rings. The van der Waals surface area contributed by atoms with Crippen molar-refractivity contribution in [3.05, 3.63) is 63.2 Å². The van der Waals surface area contributed by atoms with E-state index in [1.165, 1.54) is 5.56 Å². The Kier molecular flexibility index (Phi) is 7.00. The van der Waals surface area contributed by atoms with Crippen LogP contribution in [0.2, 0.25) is 0 Å². The zero-order valence-corrected chi connectivity index (χ0v) is 18.0. The van der Waals surface area contributed by atoms with Crippen LogP contribution >= 0.6 is 0 Å². The van der Waals surface area contributed by atoms with E-state index in [-0.39, 0.29) is 12.5 Å². The van der Waals surface area contributed by atoms with Gasteiger partial charge in [0.05, 0.1) is 5.56 Å². The fourth-order valence-electron chi connectivity index (χ4n) is 3.46. The van der Waals surface area contributed by atoms with E-state index in [9.17, 15) is 9.59 Å². The molecule has 1 amide bonds. The number of carbonyl (C=O) groups is 2. The summed E-state index contributed by atoms with van der Waals surface area (Å²) in [5, 5.41) is 2.88. The lowest BCUT2D eigenvalue weighted by Crippen LogP contribution is -2.23. The molecule has 0 unspecified atom stereocenters. The second-order valence-corrected chi connectivity index (χ2v) is 7.52. The lowest BCUT2D eigenvalue weighted by atomic mass is 9.90. The van der Waals surface area contributed by atoms with Gasteiger partial charge in [-0.1, -0.05) is 32.0 Å². The predicted octanol–water partition coefficient (Wildman–Crippen LogP) is 5.54. The molecule has 4 heteroatoms. The highest BCUT2D eigenvalue weighted by Crippen LogP contribution is 2.27. The van der Waals surface area contributed by atoms with Crippen molar-refractivity contribution in [1.82, 2.24) is 0 Å². The third kappa shape index (κ3) is 4.44. The maximum atomic E-state index is 12.7. The lowest BCUT2D eigenvalue weighted by molar-refractivity contribution is -0.119. The van der Waals surface area contributed by atoms with E-state index in [1.807, 2.05) is 52.0 Å². The van der Waals surface area contributed by atoms with Crippen LogP contribution in [-0.4, -0.2) is 18.5 Å². The topological polar surface area (TPSA) is 55.4 Å². The molecule has 150 valence electrons. The number of carbonyl (C=O) groups excluding carboxylic acids is 2. The van der Waals surface area contributed by atoms with E-state index in [0.29, 0.717) is 11.5 Å². The average Bonchev–Trinajstić information content (AvgIpc) is 2.69. The lowest BCUT2D eigenvalue weighted by Gasteiger charge is -2.18. The molecular weight excluding hydrogens is 350 g/mol. The zero-order valence-electron chi connectivity index (χ0n) is 18.0. The monoisotopic (exact) mass is 381 g/mol. The van der Waals surface area contributed by atoms with Crippen LogP contribution in [0.3, 0.4) is 0 Å². The summed E-state index contributed by atoms with van der Waals surface area (Å²) in [5.41, 5.74) is 7.60. The normalized spacial score (nSPS) is 11.8. The maximum Gasteiger partial charge on any atom is 0.339 e. The molecular formula is C24H31NO3. The third-order valence-electron chi connectivity index (χ3n) is 5.92. The van der Waals surface area contributed by atoms with Crippen LogP contribution in [0.5, 0.6) is 0 Å². The first-order chi connectivity index (χ1) is 13.2. The van der Waals surface area contributed by atoms with Crippen LogP contribution in [0, 0.1) is 34.6 Å². The molecule has 0 spiro atoms. The van der Waals surface area contributed by atoms with Crippen LogP contribution in [0.25, 0.3) is 0 Å². The van der Waals surface area contributed by atoms with Gasteiger partial charge in [0.2, 0.25) is 0 Å². The fraction of sp³-hybridized carbons (Fsp3) is 0.417. The molecule has 0 aliphatic carbocycles. The maximum absolute atomic E-state index is 12.7. The van der Waals surface area contributed by atoms with Gasteiger partial charge >= 0.3 is 5.97 Å². The molecule has 1 atom stereocenters. The number of anilines is 1. The zero-order chi connectivity index (χ0) is 21.0. The molecule has 28 heavy (non-hydrogen) atoms. The molecule has 0 heterocycles. The molecule has 2 rings (SSSR count). The largest absolute Gasteiger partial charge is 0.452 e. The van der Waals surface area contributed by atoms with E-state index in [4.69, 9.17) is 4.74 Å². The summed E-state index contributed by atoms with van der Waals surface area (Å²) in [6.45, 7) is 13.8. The molecule has 0 aromatic heterocycles. The minimum atomic E-state index is -0.452. The van der Waals surface area contributed by atoms with Crippen molar-refractivity contribution in [2.45, 2.75) is 60.8 Å². The minimum Gasteiger partial charge on any atom is -0.452 e. The molecule has 0 bridgehead atoms. The van der Waals surface area contributed by atoms with Crippen molar-refractivity contribution < 1.29 is 14.3 Å². The number of esters is 1. The van der Waals surface area contributed by atoms with E-state index in [1.54, 1.807) is 0 Å². The van der Waals surface area contributed by atoms with Crippen LogP contribution in [-0.2, 0) is 9.53 Å². The number of para-hydroxylation sites is 1. The molecule has 0 aliphatic heterocycles. The Bertz CT molecular complexity index is 870. The molecule has 2 aromatic carbocycles. The average molecular weight is 382 g/mol. The number of amides is 1. The molecule has 0 saturated heterocycles. The summed E-state index contributed by atoms with van der Waals surface area (Å²) in [4.78, 5) is 25.1. The van der Waals surface area contributed by atoms with Gasteiger partial charge < -0.3 is 10.1 Å². The molecule has 0 radical (unpaired) electrons. The highest BCUT2D eigenvalue weighted by atomic mass is 16.5. The van der Waals surface area contributed by atoms with Crippen molar-refractivity contribution in [1.29, 1.82) is 0 Å². The van der Waals surface area contributed by atoms with Gasteiger partial charge in [-0.2, -0.15) is 0 Å². The Balaban J connectivity index is 2.12. The fourth-order valence-corrected chi connectivity index (χ4v) is 3.46. The summed E-state index contributed by atoms with van der Waals surface area (Å²) >= 11 is 0. The second kappa shape index (κ2) is 9.05. The Morgan fingerprint density at radius 2 is 1.46 bits per heavy atom. The van der Waals surface area contributed by atoms with Crippen LogP contribution in [0.1, 0.15) is 69.9 Å². The number of ether oxygens (including phenoxy) is 1. The standard InChI is InChI=1S/C24H31NO3/c1-8-14(2)20-11-9-10-12-21(20)25-22(26)13-28-24(27)23-18(6)16(4)15(3)17(5)19(23)7/h9-12,14H,8,13H2,1-7H3,(H,25,26)/t14-/m0/s1. The number of rotatable bonds is 6. The summed E-state index contributed by atoms with van der Waals surface area (Å²) in [5.74, 6) is -0.450. The van der Waals surface area contributed by atoms with Gasteiger partial charge in [0.25, 0.3) is 5.91 Å². The molecule has 0 saturated carbocycles. The van der Waals surface area contributed by atoms with Crippen molar-refractivity contribution in [3.63, 3.8) is 0 Å². The summed E-state index contributed by atoms with van der Waals surface area (Å²) in [6, 6.07) is 7.74.